The standard InChI is InChI=1S/C24H32N6O6/c1-14(31)20(29-21(32)17(25)10-15-6-3-2-4-7-15)23(34)30-9-5-8-19(30)22(33)28-18(24(35)36)11-16-12-26-13-27-16/h2-4,6-7,12-14,17-20,31H,5,8-11,25H2,1H3,(H,26,27)(H,28,33)(H,29,32)(H,35,36). The molecule has 1 fully saturated rings. The summed E-state index contributed by atoms with van der Waals surface area (Å²) in [7, 11) is 0. The van der Waals surface area contributed by atoms with Crippen LogP contribution in [-0.2, 0) is 32.0 Å². The van der Waals surface area contributed by atoms with Gasteiger partial charge >= 0.3 is 5.97 Å². The smallest absolute Gasteiger partial charge is 0.326 e. The third-order valence-electron chi connectivity index (χ3n) is 6.11. The van der Waals surface area contributed by atoms with Crippen LogP contribution in [0.3, 0.4) is 0 Å². The predicted molar refractivity (Wildman–Crippen MR) is 128 cm³/mol. The van der Waals surface area contributed by atoms with Crippen LogP contribution >= 0.6 is 0 Å². The molecule has 0 spiro atoms. The summed E-state index contributed by atoms with van der Waals surface area (Å²) in [6.07, 6.45) is 2.69. The minimum absolute atomic E-state index is 0.00655. The molecule has 5 atom stereocenters. The second-order valence-electron chi connectivity index (χ2n) is 8.89. The summed E-state index contributed by atoms with van der Waals surface area (Å²) in [6.45, 7) is 1.59. The Hall–Kier alpha value is -3.77. The molecule has 1 aliphatic heterocycles. The first-order valence-corrected chi connectivity index (χ1v) is 11.8. The zero-order valence-electron chi connectivity index (χ0n) is 20.0. The van der Waals surface area contributed by atoms with E-state index in [-0.39, 0.29) is 19.4 Å². The Morgan fingerprint density at radius 1 is 1.19 bits per heavy atom. The number of imidazole rings is 1. The summed E-state index contributed by atoms with van der Waals surface area (Å²) >= 11 is 0. The largest absolute Gasteiger partial charge is 0.480 e. The van der Waals surface area contributed by atoms with Crippen molar-refractivity contribution >= 4 is 23.7 Å². The third kappa shape index (κ3) is 6.89. The first-order chi connectivity index (χ1) is 17.2. The molecule has 1 saturated heterocycles. The highest BCUT2D eigenvalue weighted by Crippen LogP contribution is 2.20. The Morgan fingerprint density at radius 2 is 1.92 bits per heavy atom. The lowest BCUT2D eigenvalue weighted by atomic mass is 10.0. The van der Waals surface area contributed by atoms with Gasteiger partial charge in [-0.3, -0.25) is 14.4 Å². The van der Waals surface area contributed by atoms with Gasteiger partial charge in [-0.05, 0) is 31.7 Å². The molecular weight excluding hydrogens is 468 g/mol. The molecular formula is C24H32N6O6. The number of nitrogens with two attached hydrogens (primary N) is 1. The van der Waals surface area contributed by atoms with E-state index in [2.05, 4.69) is 20.6 Å². The topological polar surface area (TPSA) is 191 Å². The number of nitrogens with one attached hydrogen (secondary N) is 3. The fraction of sp³-hybridized carbons (Fsp3) is 0.458. The Bertz CT molecular complexity index is 1040. The Balaban J connectivity index is 1.65. The summed E-state index contributed by atoms with van der Waals surface area (Å²) in [4.78, 5) is 58.5. The molecule has 2 heterocycles. The number of aliphatic hydroxyl groups excluding tert-OH is 1. The van der Waals surface area contributed by atoms with Crippen LogP contribution in [0.2, 0.25) is 0 Å². The number of likely N-dealkylation sites (tertiary alicyclic amines) is 1. The lowest BCUT2D eigenvalue weighted by Gasteiger charge is -2.31. The molecule has 2 aromatic rings. The van der Waals surface area contributed by atoms with Crippen LogP contribution in [0.25, 0.3) is 0 Å². The van der Waals surface area contributed by atoms with Crippen LogP contribution in [0.1, 0.15) is 31.0 Å². The van der Waals surface area contributed by atoms with Gasteiger partial charge in [0.25, 0.3) is 0 Å². The maximum absolute atomic E-state index is 13.3. The number of aromatic nitrogens is 2. The number of carboxylic acids is 1. The summed E-state index contributed by atoms with van der Waals surface area (Å²) in [6, 6.07) is 4.73. The van der Waals surface area contributed by atoms with Gasteiger partial charge in [0.1, 0.15) is 18.1 Å². The minimum atomic E-state index is -1.31. The van der Waals surface area contributed by atoms with Crippen molar-refractivity contribution in [3.63, 3.8) is 0 Å². The second-order valence-corrected chi connectivity index (χ2v) is 8.89. The molecule has 0 aliphatic carbocycles. The van der Waals surface area contributed by atoms with Gasteiger partial charge in [0, 0.05) is 24.9 Å². The lowest BCUT2D eigenvalue weighted by molar-refractivity contribution is -0.146. The number of carboxylic acid groups (broad SMARTS) is 1. The van der Waals surface area contributed by atoms with Crippen molar-refractivity contribution in [2.75, 3.05) is 6.54 Å². The number of hydrogen-bond acceptors (Lipinski definition) is 7. The van der Waals surface area contributed by atoms with Crippen molar-refractivity contribution in [2.24, 2.45) is 5.73 Å². The fourth-order valence-electron chi connectivity index (χ4n) is 4.18. The van der Waals surface area contributed by atoms with Crippen molar-refractivity contribution < 1.29 is 29.4 Å². The van der Waals surface area contributed by atoms with E-state index >= 15 is 0 Å². The van der Waals surface area contributed by atoms with Gasteiger partial charge in [-0.2, -0.15) is 0 Å². The van der Waals surface area contributed by atoms with Gasteiger partial charge in [0.15, 0.2) is 0 Å². The number of hydrogen-bond donors (Lipinski definition) is 6. The Labute approximate surface area is 208 Å². The van der Waals surface area contributed by atoms with Crippen molar-refractivity contribution in [1.82, 2.24) is 25.5 Å². The van der Waals surface area contributed by atoms with E-state index in [1.165, 1.54) is 24.3 Å². The van der Waals surface area contributed by atoms with Crippen LogP contribution in [0.4, 0.5) is 0 Å². The highest BCUT2D eigenvalue weighted by molar-refractivity contribution is 5.94. The molecule has 12 nitrogen and oxygen atoms in total. The van der Waals surface area contributed by atoms with Crippen molar-refractivity contribution in [3.8, 4) is 0 Å². The molecule has 36 heavy (non-hydrogen) atoms. The number of nitrogens with zero attached hydrogens (tertiary/aromatic N) is 2. The Kier molecular flexibility index (Phi) is 9.14. The molecule has 194 valence electrons. The molecule has 7 N–H and O–H groups in total. The summed E-state index contributed by atoms with van der Waals surface area (Å²) in [5, 5.41) is 24.8. The average Bonchev–Trinajstić information content (AvgIpc) is 3.54. The van der Waals surface area contributed by atoms with Gasteiger partial charge in [0.2, 0.25) is 17.7 Å². The van der Waals surface area contributed by atoms with E-state index < -0.39 is 54.0 Å². The summed E-state index contributed by atoms with van der Waals surface area (Å²) < 4.78 is 0. The van der Waals surface area contributed by atoms with Gasteiger partial charge in [-0.25, -0.2) is 9.78 Å². The maximum Gasteiger partial charge on any atom is 0.326 e. The number of aromatic amines is 1. The number of rotatable bonds is 11. The van der Waals surface area contributed by atoms with Crippen LogP contribution in [0, 0.1) is 0 Å². The zero-order chi connectivity index (χ0) is 26.2. The molecule has 3 rings (SSSR count). The van der Waals surface area contributed by atoms with Gasteiger partial charge in [-0.1, -0.05) is 30.3 Å². The monoisotopic (exact) mass is 500 g/mol. The average molecular weight is 501 g/mol. The molecule has 1 aromatic heterocycles. The number of H-pyrrole nitrogens is 1. The molecule has 1 aliphatic rings. The lowest BCUT2D eigenvalue weighted by Crippen LogP contribution is -2.59. The third-order valence-corrected chi connectivity index (χ3v) is 6.11. The minimum Gasteiger partial charge on any atom is -0.480 e. The molecule has 3 amide bonds. The summed E-state index contributed by atoms with van der Waals surface area (Å²) in [5.74, 6) is -3.09. The SMILES string of the molecule is CC(O)C(NC(=O)C(N)Cc1ccccc1)C(=O)N1CCCC1C(=O)NC(Cc1cnc[nH]1)C(=O)O. The summed E-state index contributed by atoms with van der Waals surface area (Å²) in [5.41, 5.74) is 7.40. The van der Waals surface area contributed by atoms with Crippen molar-refractivity contribution in [1.29, 1.82) is 0 Å². The maximum atomic E-state index is 13.3. The van der Waals surface area contributed by atoms with E-state index in [4.69, 9.17) is 5.73 Å². The number of carbonyl (C=O) groups excluding carboxylic acids is 3. The molecule has 12 heteroatoms. The van der Waals surface area contributed by atoms with Crippen molar-refractivity contribution in [3.05, 3.63) is 54.1 Å². The number of benzene rings is 1. The number of aliphatic carboxylic acids is 1. The molecule has 0 bridgehead atoms. The molecule has 5 unspecified atom stereocenters. The van der Waals surface area contributed by atoms with Gasteiger partial charge in [0.05, 0.1) is 18.5 Å². The molecule has 0 saturated carbocycles. The van der Waals surface area contributed by atoms with Crippen LogP contribution in [0.5, 0.6) is 0 Å². The predicted octanol–water partition coefficient (Wildman–Crippen LogP) is -1.05. The Morgan fingerprint density at radius 3 is 2.53 bits per heavy atom. The highest BCUT2D eigenvalue weighted by atomic mass is 16.4. The number of amides is 3. The number of carbonyl (C=O) groups is 4. The highest BCUT2D eigenvalue weighted by Gasteiger charge is 2.40. The van der Waals surface area contributed by atoms with E-state index in [0.717, 1.165) is 5.56 Å². The molecule has 0 radical (unpaired) electrons. The molecule has 1 aromatic carbocycles. The quantitative estimate of drug-likeness (QED) is 0.225. The van der Waals surface area contributed by atoms with Crippen LogP contribution in [0.15, 0.2) is 42.9 Å². The first kappa shape index (κ1) is 26.8. The van der Waals surface area contributed by atoms with E-state index in [9.17, 15) is 29.4 Å². The van der Waals surface area contributed by atoms with Gasteiger partial charge in [-0.15, -0.1) is 0 Å². The normalized spacial score (nSPS) is 18.6. The van der Waals surface area contributed by atoms with E-state index in [1.807, 2.05) is 30.3 Å². The van der Waals surface area contributed by atoms with Crippen molar-refractivity contribution in [2.45, 2.75) is 62.9 Å². The van der Waals surface area contributed by atoms with E-state index in [1.54, 1.807) is 0 Å². The number of aliphatic hydroxyl groups is 1. The van der Waals surface area contributed by atoms with Crippen LogP contribution in [-0.4, -0.2) is 85.6 Å². The zero-order valence-corrected chi connectivity index (χ0v) is 20.0. The van der Waals surface area contributed by atoms with Crippen LogP contribution < -0.4 is 16.4 Å². The van der Waals surface area contributed by atoms with Gasteiger partial charge < -0.3 is 36.5 Å². The first-order valence-electron chi connectivity index (χ1n) is 11.8. The second kappa shape index (κ2) is 12.3. The van der Waals surface area contributed by atoms with E-state index in [0.29, 0.717) is 18.5 Å². The fourth-order valence-corrected chi connectivity index (χ4v) is 4.18.